The van der Waals surface area contributed by atoms with Crippen LogP contribution in [-0.4, -0.2) is 28.2 Å². The lowest BCUT2D eigenvalue weighted by Crippen LogP contribution is -2.27. The summed E-state index contributed by atoms with van der Waals surface area (Å²) < 4.78 is 10.8. The molecule has 2 aliphatic rings. The zero-order valence-corrected chi connectivity index (χ0v) is 11.8. The molecule has 1 aromatic rings. The van der Waals surface area contributed by atoms with Gasteiger partial charge in [-0.05, 0) is 12.1 Å². The van der Waals surface area contributed by atoms with Crippen molar-refractivity contribution in [2.24, 2.45) is 0 Å². The molecule has 0 aromatic heterocycles. The Morgan fingerprint density at radius 3 is 3.00 bits per heavy atom. The molecule has 0 aliphatic carbocycles. The van der Waals surface area contributed by atoms with Crippen LogP contribution in [0, 0.1) is 0 Å². The number of carbonyl (C=O) groups excluding carboxylic acids is 2. The molecule has 20 heavy (non-hydrogen) atoms. The summed E-state index contributed by atoms with van der Waals surface area (Å²) in [6.07, 6.45) is 0.0745. The number of fused-ring (bicyclic) bond motifs is 1. The van der Waals surface area contributed by atoms with Gasteiger partial charge in [0.05, 0.1) is 5.25 Å². The number of benzene rings is 1. The first kappa shape index (κ1) is 13.2. The summed E-state index contributed by atoms with van der Waals surface area (Å²) >= 11 is 6.08. The van der Waals surface area contributed by atoms with Crippen molar-refractivity contribution in [3.05, 3.63) is 18.2 Å². The highest BCUT2D eigenvalue weighted by Crippen LogP contribution is 2.34. The molecule has 1 saturated heterocycles. The highest BCUT2D eigenvalue weighted by atomic mass is 32.2. The van der Waals surface area contributed by atoms with Gasteiger partial charge in [-0.2, -0.15) is 0 Å². The van der Waals surface area contributed by atoms with E-state index in [4.69, 9.17) is 21.7 Å². The van der Waals surface area contributed by atoms with Crippen molar-refractivity contribution in [2.45, 2.75) is 11.7 Å². The van der Waals surface area contributed by atoms with E-state index in [9.17, 15) is 9.59 Å². The second-order valence-corrected chi connectivity index (χ2v) is 6.08. The Morgan fingerprint density at radius 1 is 1.45 bits per heavy atom. The fourth-order valence-electron chi connectivity index (χ4n) is 1.88. The number of rotatable bonds is 3. The van der Waals surface area contributed by atoms with Crippen LogP contribution in [0.2, 0.25) is 0 Å². The summed E-state index contributed by atoms with van der Waals surface area (Å²) in [5.41, 5.74) is 0.602. The Balaban J connectivity index is 1.62. The topological polar surface area (TPSA) is 76.7 Å². The summed E-state index contributed by atoms with van der Waals surface area (Å²) in [5.74, 6) is 0.776. The van der Waals surface area contributed by atoms with E-state index in [0.29, 0.717) is 21.5 Å². The van der Waals surface area contributed by atoms with Crippen LogP contribution in [0.15, 0.2) is 18.2 Å². The van der Waals surface area contributed by atoms with E-state index in [-0.39, 0.29) is 25.0 Å². The van der Waals surface area contributed by atoms with Gasteiger partial charge in [-0.1, -0.05) is 24.0 Å². The maximum Gasteiger partial charge on any atom is 0.239 e. The van der Waals surface area contributed by atoms with Gasteiger partial charge >= 0.3 is 0 Å². The highest BCUT2D eigenvalue weighted by Gasteiger charge is 2.31. The molecular weight excluding hydrogens is 300 g/mol. The smallest absolute Gasteiger partial charge is 0.239 e. The van der Waals surface area contributed by atoms with Gasteiger partial charge in [-0.15, -0.1) is 0 Å². The molecule has 1 fully saturated rings. The Bertz CT molecular complexity index is 605. The molecule has 0 radical (unpaired) electrons. The minimum Gasteiger partial charge on any atom is -0.454 e. The van der Waals surface area contributed by atoms with Crippen LogP contribution in [0.1, 0.15) is 6.42 Å². The first-order valence-corrected chi connectivity index (χ1v) is 7.11. The summed E-state index contributed by atoms with van der Waals surface area (Å²) in [4.78, 5) is 23.4. The van der Waals surface area contributed by atoms with E-state index < -0.39 is 5.25 Å². The number of amides is 2. The predicted octanol–water partition coefficient (Wildman–Crippen LogP) is 1.26. The molecule has 0 bridgehead atoms. The third-order valence-corrected chi connectivity index (χ3v) is 4.17. The third kappa shape index (κ3) is 2.70. The highest BCUT2D eigenvalue weighted by molar-refractivity contribution is 8.24. The number of anilines is 1. The standard InChI is InChI=1S/C12H10N2O4S2/c15-10(4-9-11(16)14-12(19)20-9)13-6-1-2-7-8(3-6)18-5-17-7/h1-3,9H,4-5H2,(H,13,15)(H,14,16,19). The van der Waals surface area contributed by atoms with E-state index in [1.165, 1.54) is 11.8 Å². The van der Waals surface area contributed by atoms with Gasteiger partial charge in [-0.3, -0.25) is 9.59 Å². The molecule has 104 valence electrons. The van der Waals surface area contributed by atoms with Gasteiger partial charge in [0.25, 0.3) is 0 Å². The lowest BCUT2D eigenvalue weighted by molar-refractivity contribution is -0.122. The molecule has 0 spiro atoms. The minimum absolute atomic E-state index is 0.0745. The number of ether oxygens (including phenoxy) is 2. The van der Waals surface area contributed by atoms with Crippen molar-refractivity contribution < 1.29 is 19.1 Å². The van der Waals surface area contributed by atoms with Crippen molar-refractivity contribution in [2.75, 3.05) is 12.1 Å². The number of nitrogens with one attached hydrogen (secondary N) is 2. The van der Waals surface area contributed by atoms with Crippen LogP contribution in [0.3, 0.4) is 0 Å². The average molecular weight is 310 g/mol. The SMILES string of the molecule is O=C(CC1SC(=S)NC1=O)Nc1ccc2c(c1)OCO2. The summed E-state index contributed by atoms with van der Waals surface area (Å²) in [5, 5.41) is 4.77. The molecule has 2 amide bonds. The molecule has 1 atom stereocenters. The first-order chi connectivity index (χ1) is 9.61. The largest absolute Gasteiger partial charge is 0.454 e. The van der Waals surface area contributed by atoms with E-state index in [1.807, 2.05) is 0 Å². The second kappa shape index (κ2) is 5.29. The van der Waals surface area contributed by atoms with E-state index in [1.54, 1.807) is 18.2 Å². The zero-order chi connectivity index (χ0) is 14.1. The van der Waals surface area contributed by atoms with Crippen molar-refractivity contribution in [3.63, 3.8) is 0 Å². The maximum absolute atomic E-state index is 11.9. The maximum atomic E-state index is 11.9. The van der Waals surface area contributed by atoms with Gasteiger partial charge in [0.1, 0.15) is 4.32 Å². The van der Waals surface area contributed by atoms with Crippen molar-refractivity contribution in [1.82, 2.24) is 5.32 Å². The Labute approximate surface area is 124 Å². The van der Waals surface area contributed by atoms with Crippen molar-refractivity contribution in [1.29, 1.82) is 0 Å². The summed E-state index contributed by atoms with van der Waals surface area (Å²) in [6, 6.07) is 5.13. The number of hydrogen-bond acceptors (Lipinski definition) is 6. The number of hydrogen-bond donors (Lipinski definition) is 2. The van der Waals surface area contributed by atoms with Crippen LogP contribution in [0.5, 0.6) is 11.5 Å². The van der Waals surface area contributed by atoms with Crippen LogP contribution >= 0.6 is 24.0 Å². The average Bonchev–Trinajstić information content (AvgIpc) is 2.96. The van der Waals surface area contributed by atoms with Crippen molar-refractivity contribution in [3.8, 4) is 11.5 Å². The second-order valence-electron chi connectivity index (χ2n) is 4.20. The molecule has 2 heterocycles. The monoisotopic (exact) mass is 310 g/mol. The van der Waals surface area contributed by atoms with Gasteiger partial charge in [-0.25, -0.2) is 0 Å². The van der Waals surface area contributed by atoms with Crippen molar-refractivity contribution >= 4 is 45.8 Å². The zero-order valence-electron chi connectivity index (χ0n) is 10.2. The molecule has 0 saturated carbocycles. The summed E-state index contributed by atoms with van der Waals surface area (Å²) in [6.45, 7) is 0.184. The van der Waals surface area contributed by atoms with E-state index >= 15 is 0 Å². The van der Waals surface area contributed by atoms with E-state index in [2.05, 4.69) is 10.6 Å². The molecule has 8 heteroatoms. The summed E-state index contributed by atoms with van der Waals surface area (Å²) in [7, 11) is 0. The quantitative estimate of drug-likeness (QED) is 0.819. The molecule has 1 aromatic carbocycles. The van der Waals surface area contributed by atoms with E-state index in [0.717, 1.165) is 0 Å². The molecule has 2 N–H and O–H groups in total. The van der Waals surface area contributed by atoms with Gasteiger partial charge < -0.3 is 20.1 Å². The lowest BCUT2D eigenvalue weighted by atomic mass is 10.2. The van der Waals surface area contributed by atoms with Crippen LogP contribution in [0.25, 0.3) is 0 Å². The molecule has 1 unspecified atom stereocenters. The van der Waals surface area contributed by atoms with Gasteiger partial charge in [0, 0.05) is 18.2 Å². The fourth-order valence-corrected chi connectivity index (χ4v) is 3.15. The van der Waals surface area contributed by atoms with Gasteiger partial charge in [0.2, 0.25) is 18.6 Å². The molecule has 6 nitrogen and oxygen atoms in total. The van der Waals surface area contributed by atoms with Gasteiger partial charge in [0.15, 0.2) is 11.5 Å². The minimum atomic E-state index is -0.462. The fraction of sp³-hybridized carbons (Fsp3) is 0.250. The first-order valence-electron chi connectivity index (χ1n) is 5.83. The predicted molar refractivity (Wildman–Crippen MR) is 77.9 cm³/mol. The van der Waals surface area contributed by atoms with Crippen LogP contribution in [-0.2, 0) is 9.59 Å². The normalized spacial score (nSPS) is 19.9. The Morgan fingerprint density at radius 2 is 2.25 bits per heavy atom. The van der Waals surface area contributed by atoms with Crippen LogP contribution in [0.4, 0.5) is 5.69 Å². The number of thioether (sulfide) groups is 1. The molecule has 2 aliphatic heterocycles. The molecular formula is C12H10N2O4S2. The lowest BCUT2D eigenvalue weighted by Gasteiger charge is -2.08. The number of thiocarbonyl (C=S) groups is 1. The Kier molecular flexibility index (Phi) is 3.49. The number of carbonyl (C=O) groups is 2. The molecule has 3 rings (SSSR count). The third-order valence-electron chi connectivity index (χ3n) is 2.79. The van der Waals surface area contributed by atoms with Crippen LogP contribution < -0.4 is 20.1 Å². The Hall–Kier alpha value is -1.80.